The maximum absolute atomic E-state index is 10.2. The zero-order chi connectivity index (χ0) is 20.3. The van der Waals surface area contributed by atoms with Crippen molar-refractivity contribution in [2.75, 3.05) is 13.2 Å². The third-order valence-corrected chi connectivity index (χ3v) is 8.55. The van der Waals surface area contributed by atoms with Crippen molar-refractivity contribution >= 4 is 31.5 Å². The van der Waals surface area contributed by atoms with Crippen LogP contribution >= 0.6 is 0 Å². The van der Waals surface area contributed by atoms with Crippen molar-refractivity contribution in [3.05, 3.63) is 24.3 Å². The Morgan fingerprint density at radius 2 is 1.25 bits per heavy atom. The molecular formula is C18H28O8Si2. The van der Waals surface area contributed by atoms with Crippen LogP contribution in [-0.2, 0) is 36.8 Å². The van der Waals surface area contributed by atoms with E-state index in [2.05, 4.69) is 13.2 Å². The second-order valence-electron chi connectivity index (χ2n) is 7.43. The van der Waals surface area contributed by atoms with Crippen molar-refractivity contribution in [1.29, 1.82) is 0 Å². The van der Waals surface area contributed by atoms with Gasteiger partial charge in [0.25, 0.3) is 12.9 Å². The lowest BCUT2D eigenvalue weighted by molar-refractivity contribution is -0.132. The molecule has 2 aliphatic heterocycles. The van der Waals surface area contributed by atoms with E-state index in [1.807, 2.05) is 13.1 Å². The fraction of sp³-hybridized carbons (Fsp3) is 0.667. The highest BCUT2D eigenvalue weighted by Gasteiger charge is 2.44. The minimum absolute atomic E-state index is 0.155. The molecular weight excluding hydrogens is 400 g/mol. The van der Waals surface area contributed by atoms with Crippen LogP contribution in [0.4, 0.5) is 0 Å². The molecule has 2 aliphatic carbocycles. The van der Waals surface area contributed by atoms with Gasteiger partial charge in [-0.2, -0.15) is 0 Å². The molecule has 2 saturated heterocycles. The van der Waals surface area contributed by atoms with Crippen LogP contribution in [0.3, 0.4) is 0 Å². The predicted molar refractivity (Wildman–Crippen MR) is 104 cm³/mol. The highest BCUT2D eigenvalue weighted by molar-refractivity contribution is 6.43. The third-order valence-electron chi connectivity index (χ3n) is 5.76. The Balaban J connectivity index is 0.000000161. The largest absolute Gasteiger partial charge is 0.460 e. The lowest BCUT2D eigenvalue weighted by Gasteiger charge is -2.30. The van der Waals surface area contributed by atoms with E-state index in [0.29, 0.717) is 26.2 Å². The molecule has 4 rings (SSSR count). The fourth-order valence-electron chi connectivity index (χ4n) is 4.21. The second kappa shape index (κ2) is 9.46. The minimum atomic E-state index is -1.43. The van der Waals surface area contributed by atoms with Gasteiger partial charge in [-0.25, -0.2) is 0 Å². The van der Waals surface area contributed by atoms with Gasteiger partial charge in [-0.1, -0.05) is 13.2 Å². The number of carbonyl (C=O) groups excluding carboxylic acids is 2. The van der Waals surface area contributed by atoms with Gasteiger partial charge in [0.15, 0.2) is 0 Å². The van der Waals surface area contributed by atoms with Crippen LogP contribution in [0, 0.1) is 11.8 Å². The number of hydrogen-bond donors (Lipinski definition) is 0. The normalized spacial score (nSPS) is 41.9. The monoisotopic (exact) mass is 428 g/mol. The second-order valence-corrected chi connectivity index (χ2v) is 10.9. The van der Waals surface area contributed by atoms with Gasteiger partial charge in [0.1, 0.15) is 12.2 Å². The van der Waals surface area contributed by atoms with Crippen LogP contribution in [0.1, 0.15) is 12.8 Å². The molecule has 0 radical (unpaired) electrons. The Bertz CT molecular complexity index is 562. The number of ether oxygens (including phenoxy) is 2. The Labute approximate surface area is 168 Å². The first-order valence-electron chi connectivity index (χ1n) is 9.54. The van der Waals surface area contributed by atoms with E-state index in [1.165, 1.54) is 0 Å². The average molecular weight is 429 g/mol. The van der Waals surface area contributed by atoms with Crippen LogP contribution in [0.15, 0.2) is 24.3 Å². The number of hydrogen-bond acceptors (Lipinski definition) is 8. The molecule has 0 aromatic heterocycles. The summed E-state index contributed by atoms with van der Waals surface area (Å²) >= 11 is 0. The van der Waals surface area contributed by atoms with Crippen LogP contribution in [-0.4, -0.2) is 69.1 Å². The SMILES string of the molecule is C=C1[C@H](OC=O)C[C@@H]2O[Si@@H](C)OC[C@@H]12.C=C1[C@H](OC=O)C[C@@H]2O[Si@H](C)OC[C@@H]12. The maximum atomic E-state index is 10.2. The van der Waals surface area contributed by atoms with E-state index in [1.54, 1.807) is 0 Å². The van der Waals surface area contributed by atoms with Gasteiger partial charge in [0.2, 0.25) is 0 Å². The Morgan fingerprint density at radius 3 is 1.61 bits per heavy atom. The fourth-order valence-corrected chi connectivity index (χ4v) is 6.91. The molecule has 8 atom stereocenters. The topological polar surface area (TPSA) is 89.5 Å². The van der Waals surface area contributed by atoms with Gasteiger partial charge < -0.3 is 27.2 Å². The summed E-state index contributed by atoms with van der Waals surface area (Å²) in [5, 5.41) is 0. The Hall–Kier alpha value is -1.31. The summed E-state index contributed by atoms with van der Waals surface area (Å²) in [5.41, 5.74) is 1.87. The van der Waals surface area contributed by atoms with Gasteiger partial charge in [0.05, 0.1) is 12.2 Å². The smallest absolute Gasteiger partial charge is 0.318 e. The van der Waals surface area contributed by atoms with Crippen molar-refractivity contribution in [3.63, 3.8) is 0 Å². The first-order valence-corrected chi connectivity index (χ1v) is 13.7. The molecule has 10 heteroatoms. The molecule has 8 nitrogen and oxygen atoms in total. The summed E-state index contributed by atoms with van der Waals surface area (Å²) in [4.78, 5) is 20.5. The molecule has 0 N–H and O–H groups in total. The van der Waals surface area contributed by atoms with E-state index in [4.69, 9.17) is 27.2 Å². The first-order chi connectivity index (χ1) is 13.4. The number of rotatable bonds is 4. The molecule has 156 valence electrons. The number of carbonyl (C=O) groups is 2. The molecule has 4 aliphatic rings. The summed E-state index contributed by atoms with van der Waals surface area (Å²) in [5.74, 6) is 0.423. The van der Waals surface area contributed by atoms with Gasteiger partial charge >= 0.3 is 18.6 Å². The van der Waals surface area contributed by atoms with E-state index < -0.39 is 18.6 Å². The van der Waals surface area contributed by atoms with Gasteiger partial charge in [-0.05, 0) is 24.2 Å². The molecule has 0 amide bonds. The molecule has 28 heavy (non-hydrogen) atoms. The minimum Gasteiger partial charge on any atom is -0.460 e. The van der Waals surface area contributed by atoms with Crippen LogP contribution in [0.25, 0.3) is 0 Å². The van der Waals surface area contributed by atoms with E-state index in [0.717, 1.165) is 24.0 Å². The highest BCUT2D eigenvalue weighted by Crippen LogP contribution is 2.38. The Morgan fingerprint density at radius 1 is 0.857 bits per heavy atom. The highest BCUT2D eigenvalue weighted by atomic mass is 28.3. The van der Waals surface area contributed by atoms with Gasteiger partial charge in [-0.15, -0.1) is 0 Å². The standard InChI is InChI=1S/2C9H14O4Si/c2*1-6-7-4-12-14(2)13-9(7)3-8(6)11-5-10/h2*5,7-9,14H,1,3-4H2,2H3/t7-,8+,9-,14+;7-,8+,9-,14-/m00/s1. The van der Waals surface area contributed by atoms with E-state index >= 15 is 0 Å². The quantitative estimate of drug-likeness (QED) is 0.368. The average Bonchev–Trinajstić information content (AvgIpc) is 3.13. The molecule has 0 unspecified atom stereocenters. The third kappa shape index (κ3) is 4.63. The summed E-state index contributed by atoms with van der Waals surface area (Å²) < 4.78 is 32.3. The zero-order valence-corrected chi connectivity index (χ0v) is 18.6. The van der Waals surface area contributed by atoms with Gasteiger partial charge in [-0.3, -0.25) is 9.59 Å². The predicted octanol–water partition coefficient (Wildman–Crippen LogP) is 0.740. The molecule has 0 aromatic rings. The lowest BCUT2D eigenvalue weighted by atomic mass is 10.0. The number of fused-ring (bicyclic) bond motifs is 2. The van der Waals surface area contributed by atoms with Crippen molar-refractivity contribution in [3.8, 4) is 0 Å². The molecule has 0 aromatic carbocycles. The maximum Gasteiger partial charge on any atom is 0.318 e. The summed E-state index contributed by atoms with van der Waals surface area (Å²) in [7, 11) is -2.86. The van der Waals surface area contributed by atoms with Crippen molar-refractivity contribution in [2.24, 2.45) is 11.8 Å². The molecule has 0 spiro atoms. The molecule has 0 bridgehead atoms. The lowest BCUT2D eigenvalue weighted by Crippen LogP contribution is -2.38. The summed E-state index contributed by atoms with van der Waals surface area (Å²) in [6.45, 7) is 14.2. The molecule has 2 saturated carbocycles. The van der Waals surface area contributed by atoms with Crippen molar-refractivity contribution in [1.82, 2.24) is 0 Å². The van der Waals surface area contributed by atoms with Crippen molar-refractivity contribution < 1.29 is 36.8 Å². The van der Waals surface area contributed by atoms with Gasteiger partial charge in [0, 0.05) is 37.9 Å². The summed E-state index contributed by atoms with van der Waals surface area (Å²) in [6.07, 6.45) is 1.44. The molecule has 2 heterocycles. The van der Waals surface area contributed by atoms with Crippen LogP contribution < -0.4 is 0 Å². The van der Waals surface area contributed by atoms with Crippen LogP contribution in [0.2, 0.25) is 13.1 Å². The van der Waals surface area contributed by atoms with Crippen molar-refractivity contribution in [2.45, 2.75) is 50.4 Å². The summed E-state index contributed by atoms with van der Waals surface area (Å²) in [6, 6.07) is 0. The van der Waals surface area contributed by atoms with Crippen LogP contribution in [0.5, 0.6) is 0 Å². The van der Waals surface area contributed by atoms with E-state index in [9.17, 15) is 9.59 Å². The molecule has 4 fully saturated rings. The first kappa shape index (κ1) is 21.4. The Kier molecular flexibility index (Phi) is 7.23. The zero-order valence-electron chi connectivity index (χ0n) is 16.3. The van der Waals surface area contributed by atoms with E-state index in [-0.39, 0.29) is 36.3 Å².